The zero-order valence-electron chi connectivity index (χ0n) is 23.9. The van der Waals surface area contributed by atoms with Gasteiger partial charge in [0, 0.05) is 31.1 Å². The largest absolute Gasteiger partial charge is 0.493 e. The average Bonchev–Trinajstić information content (AvgIpc) is 3.74. The number of nitrogens with zero attached hydrogens (tertiary/aromatic N) is 3. The van der Waals surface area contributed by atoms with Crippen LogP contribution in [0.15, 0.2) is 24.5 Å². The third-order valence-corrected chi connectivity index (χ3v) is 7.38. The number of benzene rings is 2. The second kappa shape index (κ2) is 14.3. The molecule has 12 nitrogen and oxygen atoms in total. The van der Waals surface area contributed by atoms with Crippen LogP contribution in [0, 0.1) is 11.8 Å². The first kappa shape index (κ1) is 29.5. The Balaban J connectivity index is 1.16. The molecule has 0 spiro atoms. The van der Waals surface area contributed by atoms with Crippen LogP contribution in [-0.4, -0.2) is 101 Å². The number of hydrogen-bond donors (Lipinski definition) is 1. The van der Waals surface area contributed by atoms with Gasteiger partial charge in [-0.25, -0.2) is 9.97 Å². The van der Waals surface area contributed by atoms with Crippen molar-refractivity contribution in [2.45, 2.75) is 12.7 Å². The van der Waals surface area contributed by atoms with Gasteiger partial charge in [0.25, 0.3) is 0 Å². The molecule has 0 saturated carbocycles. The summed E-state index contributed by atoms with van der Waals surface area (Å²) in [5.41, 5.74) is 1.78. The maximum atomic E-state index is 6.72. The molecule has 2 aromatic carbocycles. The Morgan fingerprint density at radius 3 is 2.72 bits per heavy atom. The summed E-state index contributed by atoms with van der Waals surface area (Å²) in [5, 5.41) is 4.42. The molecule has 2 fully saturated rings. The fourth-order valence-electron chi connectivity index (χ4n) is 4.94. The molecule has 3 aliphatic rings. The molecule has 43 heavy (non-hydrogen) atoms. The van der Waals surface area contributed by atoms with Gasteiger partial charge in [-0.1, -0.05) is 23.4 Å². The first-order chi connectivity index (χ1) is 21.2. The number of rotatable bonds is 11. The van der Waals surface area contributed by atoms with Gasteiger partial charge in [0.05, 0.1) is 62.9 Å². The van der Waals surface area contributed by atoms with Crippen LogP contribution in [0.3, 0.4) is 0 Å². The lowest BCUT2D eigenvalue weighted by atomic mass is 10.1. The third kappa shape index (κ3) is 7.15. The number of aromatic nitrogens is 2. The summed E-state index contributed by atoms with van der Waals surface area (Å²) in [7, 11) is 1.61. The number of fused-ring (bicyclic) bond motifs is 2. The van der Waals surface area contributed by atoms with Crippen LogP contribution >= 0.6 is 11.6 Å². The molecule has 0 bridgehead atoms. The van der Waals surface area contributed by atoms with E-state index in [9.17, 15) is 0 Å². The van der Waals surface area contributed by atoms with E-state index in [1.165, 1.54) is 6.33 Å². The van der Waals surface area contributed by atoms with Crippen molar-refractivity contribution in [3.8, 4) is 34.8 Å². The lowest BCUT2D eigenvalue weighted by Gasteiger charge is -2.26. The number of methoxy groups -OCH3 is 1. The topological polar surface area (TPSA) is 115 Å². The molecule has 3 aromatic rings. The summed E-state index contributed by atoms with van der Waals surface area (Å²) in [6.45, 7) is 6.68. The molecular weight excluding hydrogens is 580 g/mol. The smallest absolute Gasteiger partial charge is 0.231 e. The van der Waals surface area contributed by atoms with Gasteiger partial charge >= 0.3 is 0 Å². The summed E-state index contributed by atoms with van der Waals surface area (Å²) in [4.78, 5) is 11.3. The lowest BCUT2D eigenvalue weighted by Crippen LogP contribution is -2.37. The van der Waals surface area contributed by atoms with E-state index in [0.29, 0.717) is 77.0 Å². The van der Waals surface area contributed by atoms with Gasteiger partial charge in [-0.3, -0.25) is 4.90 Å². The van der Waals surface area contributed by atoms with Crippen LogP contribution in [0.1, 0.15) is 12.0 Å². The van der Waals surface area contributed by atoms with Gasteiger partial charge in [0.1, 0.15) is 24.4 Å². The van der Waals surface area contributed by atoms with Gasteiger partial charge in [-0.05, 0) is 18.6 Å². The predicted molar refractivity (Wildman–Crippen MR) is 158 cm³/mol. The molecule has 1 aromatic heterocycles. The molecule has 13 heteroatoms. The highest BCUT2D eigenvalue weighted by Gasteiger charge is 2.26. The Bertz CT molecular complexity index is 1480. The van der Waals surface area contributed by atoms with E-state index in [-0.39, 0.29) is 19.7 Å². The Hall–Kier alpha value is -3.57. The lowest BCUT2D eigenvalue weighted by molar-refractivity contribution is -0.0892. The van der Waals surface area contributed by atoms with Crippen LogP contribution in [0.2, 0.25) is 5.02 Å². The molecule has 3 aliphatic heterocycles. The molecule has 0 aliphatic carbocycles. The van der Waals surface area contributed by atoms with Crippen LogP contribution < -0.4 is 24.3 Å². The molecule has 4 heterocycles. The highest BCUT2D eigenvalue weighted by molar-refractivity contribution is 6.34. The molecule has 6 rings (SSSR count). The van der Waals surface area contributed by atoms with Gasteiger partial charge in [0.15, 0.2) is 29.3 Å². The van der Waals surface area contributed by atoms with Gasteiger partial charge in [-0.2, -0.15) is 0 Å². The molecule has 0 amide bonds. The van der Waals surface area contributed by atoms with Crippen molar-refractivity contribution in [2.75, 3.05) is 85.1 Å². The van der Waals surface area contributed by atoms with Gasteiger partial charge in [-0.15, -0.1) is 0 Å². The first-order valence-electron chi connectivity index (χ1n) is 14.1. The molecule has 228 valence electrons. The maximum Gasteiger partial charge on any atom is 0.231 e. The van der Waals surface area contributed by atoms with E-state index < -0.39 is 0 Å². The van der Waals surface area contributed by atoms with E-state index in [1.54, 1.807) is 13.2 Å². The van der Waals surface area contributed by atoms with E-state index in [1.807, 2.05) is 12.1 Å². The Kier molecular flexibility index (Phi) is 9.79. The summed E-state index contributed by atoms with van der Waals surface area (Å²) in [5.74, 6) is 8.68. The maximum absolute atomic E-state index is 6.72. The molecule has 2 saturated heterocycles. The van der Waals surface area contributed by atoms with E-state index in [0.717, 1.165) is 44.7 Å². The van der Waals surface area contributed by atoms with Crippen molar-refractivity contribution < 1.29 is 37.9 Å². The van der Waals surface area contributed by atoms with Gasteiger partial charge in [0.2, 0.25) is 6.79 Å². The van der Waals surface area contributed by atoms with Crippen LogP contribution in [0.5, 0.6) is 23.0 Å². The van der Waals surface area contributed by atoms with E-state index >= 15 is 0 Å². The quantitative estimate of drug-likeness (QED) is 0.252. The Morgan fingerprint density at radius 2 is 1.88 bits per heavy atom. The van der Waals surface area contributed by atoms with Crippen molar-refractivity contribution in [3.05, 3.63) is 35.1 Å². The fourth-order valence-corrected chi connectivity index (χ4v) is 5.18. The summed E-state index contributed by atoms with van der Waals surface area (Å²) in [6.07, 6.45) is 2.03. The third-order valence-electron chi connectivity index (χ3n) is 7.08. The zero-order chi connectivity index (χ0) is 29.4. The molecule has 0 radical (unpaired) electrons. The molecule has 0 unspecified atom stereocenters. The zero-order valence-corrected chi connectivity index (χ0v) is 24.6. The predicted octanol–water partition coefficient (Wildman–Crippen LogP) is 3.61. The monoisotopic (exact) mass is 612 g/mol. The number of ether oxygens (including phenoxy) is 8. The van der Waals surface area contributed by atoms with Crippen molar-refractivity contribution in [3.63, 3.8) is 0 Å². The number of hydrogen-bond acceptors (Lipinski definition) is 12. The van der Waals surface area contributed by atoms with Crippen molar-refractivity contribution in [1.29, 1.82) is 0 Å². The second-order valence-corrected chi connectivity index (χ2v) is 10.3. The summed E-state index contributed by atoms with van der Waals surface area (Å²) >= 11 is 6.72. The minimum absolute atomic E-state index is 0.0382. The number of anilines is 2. The van der Waals surface area contributed by atoms with Crippen molar-refractivity contribution in [2.24, 2.45) is 0 Å². The first-order valence-corrected chi connectivity index (χ1v) is 14.5. The summed E-state index contributed by atoms with van der Waals surface area (Å²) in [6, 6.07) is 5.43. The van der Waals surface area contributed by atoms with Crippen LogP contribution in [0.4, 0.5) is 11.5 Å². The highest BCUT2D eigenvalue weighted by atomic mass is 35.5. The normalized spacial score (nSPS) is 16.7. The van der Waals surface area contributed by atoms with Crippen molar-refractivity contribution >= 4 is 34.0 Å². The van der Waals surface area contributed by atoms with Crippen LogP contribution in [0.25, 0.3) is 10.9 Å². The Labute approximate surface area is 254 Å². The molecular formula is C30H33ClN4O8. The highest BCUT2D eigenvalue weighted by Crippen LogP contribution is 2.47. The minimum atomic E-state index is -0.342. The Morgan fingerprint density at radius 1 is 1.05 bits per heavy atom. The average molecular weight is 613 g/mol. The fraction of sp³-hybridized carbons (Fsp3) is 0.467. The number of halogens is 1. The number of morpholine rings is 1. The van der Waals surface area contributed by atoms with Crippen LogP contribution in [-0.2, 0) is 18.9 Å². The van der Waals surface area contributed by atoms with Crippen molar-refractivity contribution in [1.82, 2.24) is 14.9 Å². The summed E-state index contributed by atoms with van der Waals surface area (Å²) < 4.78 is 45.0. The van der Waals surface area contributed by atoms with E-state index in [4.69, 9.17) is 49.5 Å². The minimum Gasteiger partial charge on any atom is -0.493 e. The van der Waals surface area contributed by atoms with E-state index in [2.05, 4.69) is 32.0 Å². The standard InChI is InChI=1S/C30H33ClN4O8/c1-36-24-15-21-23(16-25(24)39-9-3-5-35-6-10-37-11-7-35)32-18-33-30(21)34-27-22(31)14-20(28-29(27)43-19-42-28)4-2-8-38-17-26-40-12-13-41-26/h14-16,18,26H,3,5-13,17,19H2,1H3,(H,32,33,34). The number of nitrogens with one attached hydrogen (secondary N) is 1. The van der Waals surface area contributed by atoms with Gasteiger partial charge < -0.3 is 43.2 Å². The second-order valence-electron chi connectivity index (χ2n) is 9.86. The molecule has 0 atom stereocenters. The SMILES string of the molecule is COc1cc2c(Nc3c(Cl)cc(C#CCOCC4OCCO4)c4c3OCO4)ncnc2cc1OCCCN1CCOCC1. The molecule has 1 N–H and O–H groups in total.